The first-order valence-electron chi connectivity index (χ1n) is 6.49. The molecule has 0 fully saturated rings. The lowest BCUT2D eigenvalue weighted by Crippen LogP contribution is -2.01. The SMILES string of the molecule is O=S(=O)(O)c1cc2cccnc2c2cccnc12.S.c1cscn1. The third-order valence-corrected chi connectivity index (χ3v) is 4.44. The summed E-state index contributed by atoms with van der Waals surface area (Å²) in [6, 6.07) is 8.26. The Hall–Kier alpha value is -2.07. The van der Waals surface area contributed by atoms with Crippen molar-refractivity contribution in [2.75, 3.05) is 0 Å². The molecule has 124 valence electrons. The summed E-state index contributed by atoms with van der Waals surface area (Å²) >= 11 is 1.60. The van der Waals surface area contributed by atoms with Gasteiger partial charge in [-0.3, -0.25) is 19.5 Å². The average molecular weight is 379 g/mol. The molecular formula is C15H13N3O3S3. The van der Waals surface area contributed by atoms with Crippen molar-refractivity contribution in [2.45, 2.75) is 4.90 Å². The van der Waals surface area contributed by atoms with Crippen molar-refractivity contribution in [3.8, 4) is 0 Å². The standard InChI is InChI=1S/C12H8N2O3S.C3H3NS.H2S/c15-18(16,17)10-7-8-3-1-5-13-11(8)9-4-2-6-14-12(9)10;1-2-5-3-4-1;/h1-7H,(H,15,16,17);1-3H;1H2. The van der Waals surface area contributed by atoms with Crippen molar-refractivity contribution in [3.63, 3.8) is 0 Å². The van der Waals surface area contributed by atoms with Crippen LogP contribution < -0.4 is 0 Å². The van der Waals surface area contributed by atoms with Crippen LogP contribution in [0.4, 0.5) is 0 Å². The summed E-state index contributed by atoms with van der Waals surface area (Å²) in [6.45, 7) is 0. The summed E-state index contributed by atoms with van der Waals surface area (Å²) in [5, 5.41) is 3.17. The van der Waals surface area contributed by atoms with E-state index in [-0.39, 0.29) is 23.9 Å². The summed E-state index contributed by atoms with van der Waals surface area (Å²) < 4.78 is 32.0. The molecule has 24 heavy (non-hydrogen) atoms. The zero-order valence-corrected chi connectivity index (χ0v) is 14.8. The minimum Gasteiger partial charge on any atom is -0.282 e. The highest BCUT2D eigenvalue weighted by molar-refractivity contribution is 7.86. The van der Waals surface area contributed by atoms with Gasteiger partial charge >= 0.3 is 0 Å². The molecule has 1 N–H and O–H groups in total. The number of pyridine rings is 2. The normalized spacial score (nSPS) is 10.7. The van der Waals surface area contributed by atoms with Crippen molar-refractivity contribution in [3.05, 3.63) is 59.8 Å². The maximum Gasteiger partial charge on any atom is 0.296 e. The molecule has 4 rings (SSSR count). The topological polar surface area (TPSA) is 93.0 Å². The molecule has 0 spiro atoms. The summed E-state index contributed by atoms with van der Waals surface area (Å²) in [7, 11) is -4.31. The largest absolute Gasteiger partial charge is 0.296 e. The molecule has 0 aliphatic carbocycles. The predicted molar refractivity (Wildman–Crippen MR) is 99.4 cm³/mol. The third kappa shape index (κ3) is 3.88. The van der Waals surface area contributed by atoms with Crippen LogP contribution in [0.3, 0.4) is 0 Å². The third-order valence-electron chi connectivity index (χ3n) is 3.05. The molecule has 0 atom stereocenters. The van der Waals surface area contributed by atoms with Gasteiger partial charge in [0.05, 0.1) is 16.5 Å². The molecule has 6 nitrogen and oxygen atoms in total. The lowest BCUT2D eigenvalue weighted by atomic mass is 10.1. The molecule has 0 amide bonds. The molecule has 0 aliphatic rings. The fourth-order valence-corrected chi connectivity index (χ4v) is 3.17. The molecule has 4 aromatic rings. The van der Waals surface area contributed by atoms with Gasteiger partial charge in [-0.25, -0.2) is 0 Å². The number of benzene rings is 1. The van der Waals surface area contributed by atoms with Gasteiger partial charge in [-0.15, -0.1) is 11.3 Å². The lowest BCUT2D eigenvalue weighted by molar-refractivity contribution is 0.484. The molecular weight excluding hydrogens is 366 g/mol. The molecule has 0 unspecified atom stereocenters. The van der Waals surface area contributed by atoms with Crippen LogP contribution >= 0.6 is 24.8 Å². The quantitative estimate of drug-likeness (QED) is 0.403. The molecule has 0 bridgehead atoms. The van der Waals surface area contributed by atoms with E-state index in [4.69, 9.17) is 0 Å². The number of fused-ring (bicyclic) bond motifs is 3. The number of aromatic nitrogens is 3. The molecule has 9 heteroatoms. The van der Waals surface area contributed by atoms with E-state index in [0.717, 1.165) is 0 Å². The second-order valence-corrected chi connectivity index (χ2v) is 6.65. The highest BCUT2D eigenvalue weighted by Crippen LogP contribution is 2.28. The van der Waals surface area contributed by atoms with Gasteiger partial charge < -0.3 is 0 Å². The Labute approximate surface area is 149 Å². The summed E-state index contributed by atoms with van der Waals surface area (Å²) in [4.78, 5) is 11.8. The predicted octanol–water partition coefficient (Wildman–Crippen LogP) is 3.29. The van der Waals surface area contributed by atoms with Crippen molar-refractivity contribution >= 4 is 56.8 Å². The van der Waals surface area contributed by atoms with E-state index in [1.807, 2.05) is 5.38 Å². The fraction of sp³-hybridized carbons (Fsp3) is 0. The Morgan fingerprint density at radius 3 is 2.29 bits per heavy atom. The Balaban J connectivity index is 0.000000300. The van der Waals surface area contributed by atoms with Crippen LogP contribution in [0, 0.1) is 0 Å². The van der Waals surface area contributed by atoms with Crippen LogP contribution in [-0.4, -0.2) is 27.9 Å². The van der Waals surface area contributed by atoms with E-state index < -0.39 is 10.1 Å². The Kier molecular flexibility index (Phi) is 5.84. The minimum atomic E-state index is -4.31. The van der Waals surface area contributed by atoms with Gasteiger partial charge in [-0.2, -0.15) is 21.9 Å². The van der Waals surface area contributed by atoms with Gasteiger partial charge in [0, 0.05) is 34.7 Å². The first kappa shape index (κ1) is 18.3. The van der Waals surface area contributed by atoms with E-state index in [9.17, 15) is 13.0 Å². The first-order chi connectivity index (χ1) is 11.1. The maximum absolute atomic E-state index is 11.4. The van der Waals surface area contributed by atoms with Crippen molar-refractivity contribution in [2.24, 2.45) is 0 Å². The van der Waals surface area contributed by atoms with Gasteiger partial charge in [0.25, 0.3) is 10.1 Å². The Morgan fingerprint density at radius 2 is 1.71 bits per heavy atom. The lowest BCUT2D eigenvalue weighted by Gasteiger charge is -2.06. The summed E-state index contributed by atoms with van der Waals surface area (Å²) in [5.74, 6) is 0. The molecule has 0 saturated carbocycles. The number of hydrogen-bond acceptors (Lipinski definition) is 6. The van der Waals surface area contributed by atoms with Gasteiger partial charge in [0.15, 0.2) is 0 Å². The van der Waals surface area contributed by atoms with E-state index in [1.165, 1.54) is 12.3 Å². The van der Waals surface area contributed by atoms with Crippen molar-refractivity contribution in [1.82, 2.24) is 15.0 Å². The van der Waals surface area contributed by atoms with Crippen LogP contribution in [0.1, 0.15) is 0 Å². The number of hydrogen-bond donors (Lipinski definition) is 1. The van der Waals surface area contributed by atoms with E-state index in [0.29, 0.717) is 16.3 Å². The van der Waals surface area contributed by atoms with Crippen LogP contribution in [0.15, 0.2) is 64.7 Å². The Bertz CT molecular complexity index is 1030. The molecule has 0 aliphatic heterocycles. The molecule has 3 heterocycles. The summed E-state index contributed by atoms with van der Waals surface area (Å²) in [6.07, 6.45) is 4.87. The summed E-state index contributed by atoms with van der Waals surface area (Å²) in [5.41, 5.74) is 2.68. The van der Waals surface area contributed by atoms with Crippen LogP contribution in [0.2, 0.25) is 0 Å². The van der Waals surface area contributed by atoms with E-state index in [2.05, 4.69) is 15.0 Å². The van der Waals surface area contributed by atoms with Crippen LogP contribution in [-0.2, 0) is 10.1 Å². The average Bonchev–Trinajstić information content (AvgIpc) is 3.13. The van der Waals surface area contributed by atoms with Gasteiger partial charge in [-0.1, -0.05) is 6.07 Å². The molecule has 3 aromatic heterocycles. The molecule has 1 aromatic carbocycles. The van der Waals surface area contributed by atoms with Crippen molar-refractivity contribution in [1.29, 1.82) is 0 Å². The highest BCUT2D eigenvalue weighted by atomic mass is 32.2. The van der Waals surface area contributed by atoms with Gasteiger partial charge in [0.1, 0.15) is 4.90 Å². The second kappa shape index (κ2) is 7.67. The van der Waals surface area contributed by atoms with Gasteiger partial charge in [0.2, 0.25) is 0 Å². The number of nitrogens with zero attached hydrogens (tertiary/aromatic N) is 3. The van der Waals surface area contributed by atoms with Crippen LogP contribution in [0.5, 0.6) is 0 Å². The molecule has 0 saturated heterocycles. The monoisotopic (exact) mass is 379 g/mol. The minimum absolute atomic E-state index is 0. The van der Waals surface area contributed by atoms with Gasteiger partial charge in [-0.05, 0) is 24.3 Å². The zero-order chi connectivity index (χ0) is 16.3. The first-order valence-corrected chi connectivity index (χ1v) is 8.88. The smallest absolute Gasteiger partial charge is 0.282 e. The fourth-order valence-electron chi connectivity index (χ4n) is 2.13. The highest BCUT2D eigenvalue weighted by Gasteiger charge is 2.17. The number of thiazole rings is 1. The zero-order valence-electron chi connectivity index (χ0n) is 12.2. The van der Waals surface area contributed by atoms with Crippen molar-refractivity contribution < 1.29 is 13.0 Å². The van der Waals surface area contributed by atoms with Crippen LogP contribution in [0.25, 0.3) is 21.8 Å². The molecule has 0 radical (unpaired) electrons. The van der Waals surface area contributed by atoms with E-state index >= 15 is 0 Å². The van der Waals surface area contributed by atoms with E-state index in [1.54, 1.807) is 53.5 Å². The maximum atomic E-state index is 11.4. The number of rotatable bonds is 1. The Morgan fingerprint density at radius 1 is 1.00 bits per heavy atom. The second-order valence-electron chi connectivity index (χ2n) is 4.50.